The molecule has 1 amide bonds. The number of amides is 1. The van der Waals surface area contributed by atoms with Gasteiger partial charge < -0.3 is 15.3 Å². The molecule has 1 fully saturated rings. The average molecular weight is 486 g/mol. The Balaban J connectivity index is 1.78. The lowest BCUT2D eigenvalue weighted by Crippen LogP contribution is -2.28. The van der Waals surface area contributed by atoms with Crippen LogP contribution in [0, 0.1) is 18.8 Å². The van der Waals surface area contributed by atoms with Crippen molar-refractivity contribution in [2.24, 2.45) is 11.8 Å². The second-order valence-electron chi connectivity index (χ2n) is 8.50. The third kappa shape index (κ3) is 9.15. The maximum absolute atomic E-state index is 11.5. The Labute approximate surface area is 194 Å². The molecule has 180 valence electrons. The van der Waals surface area contributed by atoms with Crippen molar-refractivity contribution >= 4 is 27.3 Å². The van der Waals surface area contributed by atoms with E-state index in [2.05, 4.69) is 13.0 Å². The van der Waals surface area contributed by atoms with E-state index in [1.807, 2.05) is 28.3 Å². The summed E-state index contributed by atoms with van der Waals surface area (Å²) >= 11 is 1.70. The van der Waals surface area contributed by atoms with Gasteiger partial charge in [0.15, 0.2) is 0 Å². The van der Waals surface area contributed by atoms with Crippen LogP contribution in [0.2, 0.25) is 0 Å². The quantitative estimate of drug-likeness (QED) is 0.266. The van der Waals surface area contributed by atoms with Gasteiger partial charge in [0, 0.05) is 23.6 Å². The van der Waals surface area contributed by atoms with Gasteiger partial charge in [0.25, 0.3) is 0 Å². The molecule has 2 rings (SSSR count). The summed E-state index contributed by atoms with van der Waals surface area (Å²) < 4.78 is 23.9. The van der Waals surface area contributed by atoms with Gasteiger partial charge in [-0.25, -0.2) is 8.42 Å². The monoisotopic (exact) mass is 485 g/mol. The van der Waals surface area contributed by atoms with Gasteiger partial charge in [-0.05, 0) is 62.0 Å². The molecular weight excluding hydrogens is 450 g/mol. The molecule has 1 heterocycles. The SMILES string of the molecule is Cc1sccc1CC[C@H](O)/C=C/[C@@H]1[C@@H](C/C=C/CCCC(=O)NS(C)(=O)=O)[C@@H](O)C[C@H]1O. The molecule has 0 unspecified atom stereocenters. The number of allylic oxidation sites excluding steroid dienone is 2. The van der Waals surface area contributed by atoms with Crippen LogP contribution in [0.1, 0.15) is 49.0 Å². The van der Waals surface area contributed by atoms with E-state index in [1.165, 1.54) is 10.4 Å². The third-order valence-electron chi connectivity index (χ3n) is 5.80. The topological polar surface area (TPSA) is 124 Å². The lowest BCUT2D eigenvalue weighted by molar-refractivity contribution is -0.119. The minimum Gasteiger partial charge on any atom is -0.393 e. The summed E-state index contributed by atoms with van der Waals surface area (Å²) in [5, 5.41) is 33.0. The summed E-state index contributed by atoms with van der Waals surface area (Å²) in [5.41, 5.74) is 1.25. The van der Waals surface area contributed by atoms with Crippen molar-refractivity contribution in [1.82, 2.24) is 4.72 Å². The van der Waals surface area contributed by atoms with E-state index in [-0.39, 0.29) is 18.3 Å². The molecule has 0 saturated heterocycles. The lowest BCUT2D eigenvalue weighted by Gasteiger charge is -2.19. The van der Waals surface area contributed by atoms with Crippen molar-refractivity contribution in [2.45, 2.75) is 70.2 Å². The van der Waals surface area contributed by atoms with E-state index in [1.54, 1.807) is 17.4 Å². The minimum atomic E-state index is -3.52. The highest BCUT2D eigenvalue weighted by molar-refractivity contribution is 7.89. The van der Waals surface area contributed by atoms with Crippen LogP contribution in [0.5, 0.6) is 0 Å². The zero-order valence-corrected chi connectivity index (χ0v) is 20.3. The molecule has 0 aromatic carbocycles. The third-order valence-corrected chi connectivity index (χ3v) is 7.28. The van der Waals surface area contributed by atoms with E-state index in [0.717, 1.165) is 12.7 Å². The van der Waals surface area contributed by atoms with Gasteiger partial charge in [0.2, 0.25) is 15.9 Å². The number of carbonyl (C=O) groups excluding carboxylic acids is 1. The van der Waals surface area contributed by atoms with Gasteiger partial charge in [-0.3, -0.25) is 9.52 Å². The number of nitrogens with one attached hydrogen (secondary N) is 1. The fraction of sp³-hybridized carbons (Fsp3) is 0.609. The van der Waals surface area contributed by atoms with E-state index in [9.17, 15) is 28.5 Å². The normalized spacial score (nSPS) is 25.0. The van der Waals surface area contributed by atoms with Crippen molar-refractivity contribution in [1.29, 1.82) is 0 Å². The van der Waals surface area contributed by atoms with Crippen molar-refractivity contribution < 1.29 is 28.5 Å². The molecule has 1 aliphatic carbocycles. The number of aliphatic hydroxyl groups excluding tert-OH is 3. The van der Waals surface area contributed by atoms with Crippen LogP contribution >= 0.6 is 11.3 Å². The summed E-state index contributed by atoms with van der Waals surface area (Å²) in [7, 11) is -3.52. The van der Waals surface area contributed by atoms with Crippen molar-refractivity contribution in [3.63, 3.8) is 0 Å². The van der Waals surface area contributed by atoms with Crippen LogP contribution in [-0.4, -0.2) is 54.2 Å². The number of thiophene rings is 1. The van der Waals surface area contributed by atoms with E-state index in [0.29, 0.717) is 32.1 Å². The number of unbranched alkanes of at least 4 members (excludes halogenated alkanes) is 1. The molecule has 32 heavy (non-hydrogen) atoms. The summed E-state index contributed by atoms with van der Waals surface area (Å²) in [4.78, 5) is 12.7. The first-order chi connectivity index (χ1) is 15.1. The van der Waals surface area contributed by atoms with E-state index in [4.69, 9.17) is 0 Å². The molecule has 4 N–H and O–H groups in total. The Hall–Kier alpha value is -1.52. The Morgan fingerprint density at radius 3 is 2.72 bits per heavy atom. The molecule has 7 nitrogen and oxygen atoms in total. The van der Waals surface area contributed by atoms with Crippen molar-refractivity contribution in [3.8, 4) is 0 Å². The van der Waals surface area contributed by atoms with Crippen molar-refractivity contribution in [3.05, 3.63) is 46.2 Å². The van der Waals surface area contributed by atoms with Crippen LogP contribution in [0.4, 0.5) is 0 Å². The number of aliphatic hydroxyl groups is 3. The standard InChI is InChI=1S/C23H35NO6S2/c1-16-17(13-14-31-16)9-10-18(25)11-12-20-19(21(26)15-22(20)27)7-5-3-4-6-8-23(28)24-32(2,29)30/h3,5,11-14,18-22,25-27H,4,6-10,15H2,1-2H3,(H,24,28)/b5-3+,12-11+/t18-,19+,20+,21-,22+/m0/s1. The smallest absolute Gasteiger partial charge is 0.233 e. The first-order valence-corrected chi connectivity index (χ1v) is 13.7. The molecule has 0 bridgehead atoms. The first kappa shape index (κ1) is 26.7. The highest BCUT2D eigenvalue weighted by Crippen LogP contribution is 2.36. The summed E-state index contributed by atoms with van der Waals surface area (Å²) in [5.74, 6) is -0.891. The molecular formula is C23H35NO6S2. The second-order valence-corrected chi connectivity index (χ2v) is 11.4. The molecule has 9 heteroatoms. The molecule has 0 aliphatic heterocycles. The molecule has 1 aliphatic rings. The fourth-order valence-electron chi connectivity index (χ4n) is 4.04. The maximum atomic E-state index is 11.5. The molecule has 1 aromatic heterocycles. The van der Waals surface area contributed by atoms with E-state index >= 15 is 0 Å². The van der Waals surface area contributed by atoms with Crippen LogP contribution < -0.4 is 4.72 Å². The lowest BCUT2D eigenvalue weighted by atomic mass is 9.89. The van der Waals surface area contributed by atoms with Crippen LogP contribution in [0.25, 0.3) is 0 Å². The minimum absolute atomic E-state index is 0.121. The Morgan fingerprint density at radius 1 is 1.31 bits per heavy atom. The van der Waals surface area contributed by atoms with Crippen LogP contribution in [0.15, 0.2) is 35.8 Å². The van der Waals surface area contributed by atoms with E-state index < -0.39 is 34.2 Å². The molecule has 0 spiro atoms. The van der Waals surface area contributed by atoms with Gasteiger partial charge in [0.05, 0.1) is 24.6 Å². The largest absolute Gasteiger partial charge is 0.393 e. The summed E-state index contributed by atoms with van der Waals surface area (Å²) in [6, 6.07) is 2.08. The Kier molecular flexibility index (Phi) is 10.6. The zero-order chi connectivity index (χ0) is 23.7. The van der Waals surface area contributed by atoms with Crippen molar-refractivity contribution in [2.75, 3.05) is 6.26 Å². The summed E-state index contributed by atoms with van der Waals surface area (Å²) in [6.07, 6.45) is 10.0. The predicted molar refractivity (Wildman–Crippen MR) is 127 cm³/mol. The van der Waals surface area contributed by atoms with Crippen LogP contribution in [0.3, 0.4) is 0 Å². The maximum Gasteiger partial charge on any atom is 0.233 e. The predicted octanol–water partition coefficient (Wildman–Crippen LogP) is 2.46. The molecule has 1 saturated carbocycles. The van der Waals surface area contributed by atoms with Gasteiger partial charge in [0.1, 0.15) is 0 Å². The van der Waals surface area contributed by atoms with Gasteiger partial charge in [-0.2, -0.15) is 0 Å². The number of rotatable bonds is 12. The number of carbonyl (C=O) groups is 1. The second kappa shape index (κ2) is 12.6. The number of hydrogen-bond donors (Lipinski definition) is 4. The Morgan fingerprint density at radius 2 is 2.06 bits per heavy atom. The highest BCUT2D eigenvalue weighted by Gasteiger charge is 2.39. The molecule has 1 aromatic rings. The number of aryl methyl sites for hydroxylation is 2. The first-order valence-electron chi connectivity index (χ1n) is 11.0. The van der Waals surface area contributed by atoms with Gasteiger partial charge in [-0.15, -0.1) is 11.3 Å². The average Bonchev–Trinajstić information content (AvgIpc) is 3.21. The van der Waals surface area contributed by atoms with Gasteiger partial charge >= 0.3 is 0 Å². The van der Waals surface area contributed by atoms with Gasteiger partial charge in [-0.1, -0.05) is 24.3 Å². The molecule has 5 atom stereocenters. The fourth-order valence-corrected chi connectivity index (χ4v) is 5.32. The summed E-state index contributed by atoms with van der Waals surface area (Å²) in [6.45, 7) is 2.07. The number of sulfonamides is 1. The highest BCUT2D eigenvalue weighted by atomic mass is 32.2. The number of hydrogen-bond acceptors (Lipinski definition) is 7. The Bertz CT molecular complexity index is 892. The van der Waals surface area contributed by atoms with Crippen LogP contribution in [-0.2, 0) is 21.2 Å². The molecule has 0 radical (unpaired) electrons. The zero-order valence-electron chi connectivity index (χ0n) is 18.7.